The van der Waals surface area contributed by atoms with E-state index in [9.17, 15) is 9.59 Å². The average molecular weight is 390 g/mol. The molecule has 0 unspecified atom stereocenters. The first-order valence-corrected chi connectivity index (χ1v) is 9.46. The molecule has 29 heavy (non-hydrogen) atoms. The van der Waals surface area contributed by atoms with Crippen LogP contribution in [-0.2, 0) is 22.4 Å². The molecule has 2 aliphatic rings. The van der Waals surface area contributed by atoms with Crippen molar-refractivity contribution in [3.8, 4) is 11.5 Å². The van der Waals surface area contributed by atoms with Gasteiger partial charge in [0, 0.05) is 22.8 Å². The smallest absolute Gasteiger partial charge is 0.339 e. The molecule has 0 radical (unpaired) electrons. The Hall–Kier alpha value is -3.61. The Morgan fingerprint density at radius 3 is 2.86 bits per heavy atom. The summed E-state index contributed by atoms with van der Waals surface area (Å²) in [5, 5.41) is 3.46. The summed E-state index contributed by atoms with van der Waals surface area (Å²) < 4.78 is 15.9. The van der Waals surface area contributed by atoms with Gasteiger partial charge in [-0.25, -0.2) is 4.79 Å². The van der Waals surface area contributed by atoms with Gasteiger partial charge in [0.1, 0.15) is 0 Å². The van der Waals surface area contributed by atoms with Crippen LogP contribution in [-0.4, -0.2) is 30.3 Å². The third kappa shape index (κ3) is 3.24. The number of anilines is 1. The van der Waals surface area contributed by atoms with Crippen molar-refractivity contribution < 1.29 is 23.8 Å². The van der Waals surface area contributed by atoms with Crippen LogP contribution in [0.2, 0.25) is 0 Å². The fraction of sp³-hybridized carbons (Fsp3) is 0.227. The molecule has 2 aromatic carbocycles. The molecule has 5 rings (SSSR count). The van der Waals surface area contributed by atoms with E-state index in [2.05, 4.69) is 10.3 Å². The molecule has 3 aromatic rings. The van der Waals surface area contributed by atoms with Crippen LogP contribution in [0.1, 0.15) is 28.0 Å². The zero-order valence-corrected chi connectivity index (χ0v) is 15.6. The van der Waals surface area contributed by atoms with Crippen LogP contribution in [0.3, 0.4) is 0 Å². The first-order chi connectivity index (χ1) is 14.2. The Morgan fingerprint density at radius 1 is 1.07 bits per heavy atom. The number of benzene rings is 2. The molecule has 0 saturated heterocycles. The van der Waals surface area contributed by atoms with E-state index in [1.165, 1.54) is 0 Å². The molecule has 7 heteroatoms. The summed E-state index contributed by atoms with van der Waals surface area (Å²) in [6.45, 7) is -0.215. The van der Waals surface area contributed by atoms with Crippen LogP contribution < -0.4 is 14.8 Å². The molecule has 1 aliphatic carbocycles. The molecule has 0 fully saturated rings. The Bertz CT molecular complexity index is 1140. The summed E-state index contributed by atoms with van der Waals surface area (Å²) in [6, 6.07) is 12.6. The number of hydrogen-bond donors (Lipinski definition) is 1. The van der Waals surface area contributed by atoms with Crippen molar-refractivity contribution >= 4 is 28.5 Å². The third-order valence-corrected chi connectivity index (χ3v) is 5.11. The van der Waals surface area contributed by atoms with E-state index in [1.54, 1.807) is 18.2 Å². The maximum absolute atomic E-state index is 12.9. The number of carbonyl (C=O) groups excluding carboxylic acids is 2. The summed E-state index contributed by atoms with van der Waals surface area (Å²) in [5.41, 5.74) is 3.72. The van der Waals surface area contributed by atoms with Gasteiger partial charge in [0.15, 0.2) is 18.1 Å². The molecule has 1 aliphatic heterocycles. The first-order valence-electron chi connectivity index (χ1n) is 9.46. The number of nitrogens with one attached hydrogen (secondary N) is 1. The molecular formula is C22H18N2O5. The highest BCUT2D eigenvalue weighted by Crippen LogP contribution is 2.34. The van der Waals surface area contributed by atoms with Gasteiger partial charge in [-0.1, -0.05) is 18.2 Å². The fourth-order valence-electron chi connectivity index (χ4n) is 3.82. The quantitative estimate of drug-likeness (QED) is 0.688. The number of amides is 1. The molecule has 146 valence electrons. The minimum absolute atomic E-state index is 0.161. The molecule has 0 atom stereocenters. The number of hydrogen-bond acceptors (Lipinski definition) is 6. The number of carbonyl (C=O) groups is 2. The molecule has 2 heterocycles. The van der Waals surface area contributed by atoms with Gasteiger partial charge in [-0.3, -0.25) is 9.78 Å². The SMILES string of the molecule is O=C(COC(=O)c1c2c(nc3ccccc13)CCC2)Nc1ccc2c(c1)OCO2. The van der Waals surface area contributed by atoms with Crippen molar-refractivity contribution in [2.45, 2.75) is 19.3 Å². The van der Waals surface area contributed by atoms with Crippen molar-refractivity contribution in [1.29, 1.82) is 0 Å². The molecule has 0 bridgehead atoms. The zero-order chi connectivity index (χ0) is 19.8. The largest absolute Gasteiger partial charge is 0.454 e. The normalized spacial score (nSPS) is 13.9. The maximum Gasteiger partial charge on any atom is 0.339 e. The molecule has 1 amide bonds. The number of aryl methyl sites for hydroxylation is 1. The number of aromatic nitrogens is 1. The standard InChI is InChI=1S/C22H18N2O5/c25-20(23-13-8-9-18-19(10-13)29-12-28-18)11-27-22(26)21-14-4-1-2-6-16(14)24-17-7-3-5-15(17)21/h1-2,4,6,8-10H,3,5,7,11-12H2,(H,23,25). The predicted molar refractivity (Wildman–Crippen MR) is 105 cm³/mol. The summed E-state index contributed by atoms with van der Waals surface area (Å²) >= 11 is 0. The van der Waals surface area contributed by atoms with Crippen molar-refractivity contribution in [2.24, 2.45) is 0 Å². The lowest BCUT2D eigenvalue weighted by Crippen LogP contribution is -2.21. The van der Waals surface area contributed by atoms with Crippen LogP contribution in [0.25, 0.3) is 10.9 Å². The van der Waals surface area contributed by atoms with Gasteiger partial charge in [-0.05, 0) is 43.0 Å². The van der Waals surface area contributed by atoms with Crippen LogP contribution in [0.15, 0.2) is 42.5 Å². The Labute approximate surface area is 166 Å². The van der Waals surface area contributed by atoms with Gasteiger partial charge in [0.05, 0.1) is 11.1 Å². The van der Waals surface area contributed by atoms with E-state index in [1.807, 2.05) is 24.3 Å². The summed E-state index contributed by atoms with van der Waals surface area (Å²) in [5.74, 6) is 0.279. The lowest BCUT2D eigenvalue weighted by Gasteiger charge is -2.12. The van der Waals surface area contributed by atoms with E-state index < -0.39 is 11.9 Å². The second kappa shape index (κ2) is 7.09. The van der Waals surface area contributed by atoms with Gasteiger partial charge >= 0.3 is 5.97 Å². The highest BCUT2D eigenvalue weighted by atomic mass is 16.7. The van der Waals surface area contributed by atoms with Gasteiger partial charge in [0.2, 0.25) is 6.79 Å². The fourth-order valence-corrected chi connectivity index (χ4v) is 3.82. The number of rotatable bonds is 4. The predicted octanol–water partition coefficient (Wildman–Crippen LogP) is 3.25. The highest BCUT2D eigenvalue weighted by molar-refractivity contribution is 6.06. The van der Waals surface area contributed by atoms with E-state index in [4.69, 9.17) is 14.2 Å². The first kappa shape index (κ1) is 17.5. The lowest BCUT2D eigenvalue weighted by atomic mass is 10.0. The monoisotopic (exact) mass is 390 g/mol. The number of para-hydroxylation sites is 1. The Kier molecular flexibility index (Phi) is 4.27. The summed E-state index contributed by atoms with van der Waals surface area (Å²) in [6.07, 6.45) is 2.61. The number of nitrogens with zero attached hydrogens (tertiary/aromatic N) is 1. The van der Waals surface area contributed by atoms with E-state index >= 15 is 0 Å². The average Bonchev–Trinajstić information content (AvgIpc) is 3.38. The van der Waals surface area contributed by atoms with Crippen LogP contribution >= 0.6 is 0 Å². The molecular weight excluding hydrogens is 372 g/mol. The van der Waals surface area contributed by atoms with Crippen molar-refractivity contribution in [3.63, 3.8) is 0 Å². The maximum atomic E-state index is 12.9. The summed E-state index contributed by atoms with van der Waals surface area (Å²) in [4.78, 5) is 29.8. The molecule has 1 N–H and O–H groups in total. The Morgan fingerprint density at radius 2 is 1.93 bits per heavy atom. The number of pyridine rings is 1. The second-order valence-electron chi connectivity index (χ2n) is 6.98. The minimum Gasteiger partial charge on any atom is -0.454 e. The van der Waals surface area contributed by atoms with Crippen LogP contribution in [0.4, 0.5) is 5.69 Å². The van der Waals surface area contributed by atoms with E-state index in [-0.39, 0.29) is 13.4 Å². The van der Waals surface area contributed by atoms with Crippen molar-refractivity contribution in [2.75, 3.05) is 18.7 Å². The van der Waals surface area contributed by atoms with Crippen molar-refractivity contribution in [1.82, 2.24) is 4.98 Å². The van der Waals surface area contributed by atoms with Gasteiger partial charge in [-0.2, -0.15) is 0 Å². The van der Waals surface area contributed by atoms with E-state index in [0.29, 0.717) is 22.7 Å². The van der Waals surface area contributed by atoms with Gasteiger partial charge in [0.25, 0.3) is 5.91 Å². The number of ether oxygens (including phenoxy) is 3. The highest BCUT2D eigenvalue weighted by Gasteiger charge is 2.25. The van der Waals surface area contributed by atoms with Crippen LogP contribution in [0.5, 0.6) is 11.5 Å². The molecule has 0 spiro atoms. The lowest BCUT2D eigenvalue weighted by molar-refractivity contribution is -0.119. The van der Waals surface area contributed by atoms with Crippen molar-refractivity contribution in [3.05, 3.63) is 59.3 Å². The molecule has 7 nitrogen and oxygen atoms in total. The summed E-state index contributed by atoms with van der Waals surface area (Å²) in [7, 11) is 0. The third-order valence-electron chi connectivity index (χ3n) is 5.11. The topological polar surface area (TPSA) is 86.8 Å². The van der Waals surface area contributed by atoms with E-state index in [0.717, 1.165) is 41.4 Å². The number of fused-ring (bicyclic) bond motifs is 3. The minimum atomic E-state index is -0.498. The Balaban J connectivity index is 1.32. The second-order valence-corrected chi connectivity index (χ2v) is 6.98. The zero-order valence-electron chi connectivity index (χ0n) is 15.6. The molecule has 1 aromatic heterocycles. The van der Waals surface area contributed by atoms with Gasteiger partial charge in [-0.15, -0.1) is 0 Å². The number of esters is 1. The van der Waals surface area contributed by atoms with Gasteiger partial charge < -0.3 is 19.5 Å². The van der Waals surface area contributed by atoms with Crippen LogP contribution in [0, 0.1) is 0 Å². The molecule has 0 saturated carbocycles.